The second kappa shape index (κ2) is 10.7. The number of fused-ring (bicyclic) bond motifs is 1. The van der Waals surface area contributed by atoms with Crippen LogP contribution in [0.4, 0.5) is 0 Å². The maximum Gasteiger partial charge on any atom is 0.266 e. The number of amides is 1. The van der Waals surface area contributed by atoms with E-state index < -0.39 is 0 Å². The first-order valence-electron chi connectivity index (χ1n) is 11.6. The Labute approximate surface area is 204 Å². The van der Waals surface area contributed by atoms with E-state index >= 15 is 0 Å². The third-order valence-corrected chi connectivity index (χ3v) is 6.30. The monoisotopic (exact) mass is 473 g/mol. The van der Waals surface area contributed by atoms with Crippen molar-refractivity contribution in [2.45, 2.75) is 39.2 Å². The molecule has 6 heteroatoms. The van der Waals surface area contributed by atoms with Crippen LogP contribution in [0.15, 0.2) is 83.7 Å². The molecular formula is C28H28ClN3O2. The molecule has 0 saturated carbocycles. The van der Waals surface area contributed by atoms with Crippen LogP contribution in [0.25, 0.3) is 16.6 Å². The van der Waals surface area contributed by atoms with Gasteiger partial charge in [-0.2, -0.15) is 0 Å². The lowest BCUT2D eigenvalue weighted by Gasteiger charge is -2.31. The second-order valence-corrected chi connectivity index (χ2v) is 8.63. The lowest BCUT2D eigenvalue weighted by Crippen LogP contribution is -2.38. The average molecular weight is 474 g/mol. The normalized spacial score (nSPS) is 12.0. The number of benzene rings is 3. The third-order valence-electron chi connectivity index (χ3n) is 6.06. The number of hydrogen-bond acceptors (Lipinski definition) is 3. The fraction of sp³-hybridized carbons (Fsp3) is 0.250. The molecule has 1 heterocycles. The zero-order valence-corrected chi connectivity index (χ0v) is 20.2. The smallest absolute Gasteiger partial charge is 0.266 e. The summed E-state index contributed by atoms with van der Waals surface area (Å²) < 4.78 is 1.61. The molecule has 3 aromatic carbocycles. The summed E-state index contributed by atoms with van der Waals surface area (Å²) in [5, 5.41) is 1.06. The van der Waals surface area contributed by atoms with Crippen molar-refractivity contribution in [3.05, 3.63) is 106 Å². The minimum Gasteiger partial charge on any atom is -0.333 e. The van der Waals surface area contributed by atoms with Crippen LogP contribution in [0.1, 0.15) is 44.1 Å². The van der Waals surface area contributed by atoms with Gasteiger partial charge >= 0.3 is 0 Å². The highest BCUT2D eigenvalue weighted by Gasteiger charge is 2.28. The van der Waals surface area contributed by atoms with Crippen molar-refractivity contribution in [1.29, 1.82) is 0 Å². The van der Waals surface area contributed by atoms with Crippen molar-refractivity contribution in [2.24, 2.45) is 0 Å². The van der Waals surface area contributed by atoms with E-state index in [1.807, 2.05) is 79.4 Å². The highest BCUT2D eigenvalue weighted by atomic mass is 35.5. The first-order chi connectivity index (χ1) is 16.5. The molecule has 0 bridgehead atoms. The summed E-state index contributed by atoms with van der Waals surface area (Å²) in [6, 6.07) is 24.1. The van der Waals surface area contributed by atoms with Gasteiger partial charge in [0.25, 0.3) is 5.56 Å². The van der Waals surface area contributed by atoms with E-state index in [2.05, 4.69) is 0 Å². The van der Waals surface area contributed by atoms with Crippen molar-refractivity contribution in [2.75, 3.05) is 6.54 Å². The third kappa shape index (κ3) is 4.90. The first kappa shape index (κ1) is 23.7. The van der Waals surface area contributed by atoms with Gasteiger partial charge < -0.3 is 4.90 Å². The van der Waals surface area contributed by atoms with Gasteiger partial charge in [-0.3, -0.25) is 14.2 Å². The highest BCUT2D eigenvalue weighted by molar-refractivity contribution is 6.30. The van der Waals surface area contributed by atoms with Crippen LogP contribution >= 0.6 is 11.6 Å². The molecule has 1 unspecified atom stereocenters. The highest BCUT2D eigenvalue weighted by Crippen LogP contribution is 2.27. The fourth-order valence-corrected chi connectivity index (χ4v) is 4.58. The summed E-state index contributed by atoms with van der Waals surface area (Å²) in [7, 11) is 0. The second-order valence-electron chi connectivity index (χ2n) is 8.20. The van der Waals surface area contributed by atoms with Crippen LogP contribution in [0.2, 0.25) is 5.02 Å². The average Bonchev–Trinajstić information content (AvgIpc) is 2.86. The van der Waals surface area contributed by atoms with Crippen molar-refractivity contribution in [3.8, 4) is 5.69 Å². The Bertz CT molecular complexity index is 1350. The van der Waals surface area contributed by atoms with Gasteiger partial charge in [-0.25, -0.2) is 4.98 Å². The molecule has 1 atom stereocenters. The number of rotatable bonds is 8. The number of para-hydroxylation sites is 1. The Hall–Kier alpha value is -3.44. The molecule has 0 fully saturated rings. The number of carbonyl (C=O) groups excluding carboxylic acids is 1. The lowest BCUT2D eigenvalue weighted by molar-refractivity contribution is -0.133. The molecule has 0 spiro atoms. The van der Waals surface area contributed by atoms with Crippen LogP contribution < -0.4 is 5.56 Å². The molecular weight excluding hydrogens is 446 g/mol. The van der Waals surface area contributed by atoms with Gasteiger partial charge in [-0.1, -0.05) is 67.1 Å². The topological polar surface area (TPSA) is 55.2 Å². The van der Waals surface area contributed by atoms with Crippen molar-refractivity contribution in [1.82, 2.24) is 14.5 Å². The molecule has 5 nitrogen and oxygen atoms in total. The van der Waals surface area contributed by atoms with E-state index in [0.29, 0.717) is 53.2 Å². The predicted molar refractivity (Wildman–Crippen MR) is 138 cm³/mol. The molecule has 0 N–H and O–H groups in total. The minimum atomic E-state index is -0.357. The van der Waals surface area contributed by atoms with Crippen LogP contribution in [0, 0.1) is 0 Å². The largest absolute Gasteiger partial charge is 0.333 e. The number of aryl methyl sites for hydroxylation is 1. The standard InChI is InChI=1S/C28H28ClN3O2/c1-3-25(31(4-2)26(33)18-17-20-11-6-5-7-12-20)27-30-24-16-9-8-15-23(24)28(34)32(27)22-14-10-13-21(29)19-22/h5-16,19,25H,3-4,17-18H2,1-2H3. The number of nitrogens with zero attached hydrogens (tertiary/aromatic N) is 3. The zero-order valence-electron chi connectivity index (χ0n) is 19.4. The summed E-state index contributed by atoms with van der Waals surface area (Å²) in [4.78, 5) is 33.8. The Morgan fingerprint density at radius 3 is 2.44 bits per heavy atom. The van der Waals surface area contributed by atoms with E-state index in [0.717, 1.165) is 5.56 Å². The number of halogens is 1. The fourth-order valence-electron chi connectivity index (χ4n) is 4.39. The minimum absolute atomic E-state index is 0.0401. The number of carbonyl (C=O) groups is 1. The van der Waals surface area contributed by atoms with Gasteiger partial charge in [-0.15, -0.1) is 0 Å². The van der Waals surface area contributed by atoms with Gasteiger partial charge in [0.15, 0.2) is 0 Å². The van der Waals surface area contributed by atoms with Gasteiger partial charge in [0, 0.05) is 18.0 Å². The van der Waals surface area contributed by atoms with Gasteiger partial charge in [0.2, 0.25) is 5.91 Å². The predicted octanol–water partition coefficient (Wildman–Crippen LogP) is 5.97. The lowest BCUT2D eigenvalue weighted by atomic mass is 10.1. The molecule has 174 valence electrons. The van der Waals surface area contributed by atoms with Crippen LogP contribution in [0.3, 0.4) is 0 Å². The quantitative estimate of drug-likeness (QED) is 0.316. The molecule has 4 rings (SSSR count). The first-order valence-corrected chi connectivity index (χ1v) is 12.0. The number of aromatic nitrogens is 2. The summed E-state index contributed by atoms with van der Waals surface area (Å²) >= 11 is 6.27. The van der Waals surface area contributed by atoms with E-state index in [4.69, 9.17) is 16.6 Å². The Balaban J connectivity index is 1.79. The molecule has 0 radical (unpaired) electrons. The van der Waals surface area contributed by atoms with Crippen molar-refractivity contribution >= 4 is 28.4 Å². The van der Waals surface area contributed by atoms with Gasteiger partial charge in [-0.05, 0) is 55.7 Å². The van der Waals surface area contributed by atoms with Crippen molar-refractivity contribution < 1.29 is 4.79 Å². The molecule has 1 amide bonds. The molecule has 0 saturated heterocycles. The van der Waals surface area contributed by atoms with Gasteiger partial charge in [0.1, 0.15) is 5.82 Å². The number of hydrogen-bond donors (Lipinski definition) is 0. The van der Waals surface area contributed by atoms with Crippen molar-refractivity contribution in [3.63, 3.8) is 0 Å². The Kier molecular flexibility index (Phi) is 7.43. The summed E-state index contributed by atoms with van der Waals surface area (Å²) in [6.07, 6.45) is 1.68. The molecule has 1 aromatic heterocycles. The Morgan fingerprint density at radius 1 is 1.00 bits per heavy atom. The van der Waals surface area contributed by atoms with Crippen LogP contribution in [-0.2, 0) is 11.2 Å². The van der Waals surface area contributed by atoms with E-state index in [-0.39, 0.29) is 17.5 Å². The maximum atomic E-state index is 13.6. The maximum absolute atomic E-state index is 13.6. The molecule has 0 aliphatic carbocycles. The molecule has 4 aromatic rings. The van der Waals surface area contributed by atoms with E-state index in [1.165, 1.54) is 0 Å². The van der Waals surface area contributed by atoms with Gasteiger partial charge in [0.05, 0.1) is 22.6 Å². The Morgan fingerprint density at radius 2 is 1.74 bits per heavy atom. The van der Waals surface area contributed by atoms with E-state index in [1.54, 1.807) is 22.8 Å². The van der Waals surface area contributed by atoms with Crippen LogP contribution in [0.5, 0.6) is 0 Å². The summed E-state index contributed by atoms with van der Waals surface area (Å²) in [5.41, 5.74) is 2.21. The summed E-state index contributed by atoms with van der Waals surface area (Å²) in [5.74, 6) is 0.585. The molecule has 34 heavy (non-hydrogen) atoms. The molecule has 0 aliphatic rings. The molecule has 0 aliphatic heterocycles. The van der Waals surface area contributed by atoms with Crippen LogP contribution in [-0.4, -0.2) is 26.9 Å². The van der Waals surface area contributed by atoms with E-state index in [9.17, 15) is 9.59 Å². The zero-order chi connectivity index (χ0) is 24.1. The SMILES string of the molecule is CCC(c1nc2ccccc2c(=O)n1-c1cccc(Cl)c1)N(CC)C(=O)CCc1ccccc1. The summed E-state index contributed by atoms with van der Waals surface area (Å²) in [6.45, 7) is 4.50.